The van der Waals surface area contributed by atoms with Gasteiger partial charge in [0.2, 0.25) is 5.91 Å². The third-order valence-electron chi connectivity index (χ3n) is 4.08. The third-order valence-corrected chi connectivity index (χ3v) is 4.08. The molecule has 0 saturated heterocycles. The Labute approximate surface area is 141 Å². The average molecular weight is 322 g/mol. The molecule has 1 amide bonds. The number of hydrogen-bond donors (Lipinski definition) is 1. The van der Waals surface area contributed by atoms with Gasteiger partial charge in [0, 0.05) is 11.6 Å². The van der Waals surface area contributed by atoms with Gasteiger partial charge in [0.15, 0.2) is 0 Å². The van der Waals surface area contributed by atoms with Gasteiger partial charge in [-0.15, -0.1) is 10.2 Å². The van der Waals surface area contributed by atoms with Crippen molar-refractivity contribution in [1.29, 1.82) is 0 Å². The maximum Gasteiger partial charge on any atom is 0.226 e. The number of nitrogens with zero attached hydrogens (tertiary/aromatic N) is 3. The SMILES string of the molecule is CCc1ccc(-n2nc3cc(C)c(NC(=O)C(C)C)cc3n2)cc1. The normalized spacial score (nSPS) is 11.2. The number of benzene rings is 2. The van der Waals surface area contributed by atoms with Crippen molar-refractivity contribution in [3.8, 4) is 5.69 Å². The first-order chi connectivity index (χ1) is 11.5. The van der Waals surface area contributed by atoms with Crippen molar-refractivity contribution >= 4 is 22.6 Å². The maximum absolute atomic E-state index is 11.9. The first kappa shape index (κ1) is 16.2. The van der Waals surface area contributed by atoms with Gasteiger partial charge in [-0.1, -0.05) is 32.9 Å². The summed E-state index contributed by atoms with van der Waals surface area (Å²) >= 11 is 0. The number of fused-ring (bicyclic) bond motifs is 1. The van der Waals surface area contributed by atoms with E-state index in [1.165, 1.54) is 5.56 Å². The van der Waals surface area contributed by atoms with E-state index in [4.69, 9.17) is 0 Å². The molecule has 24 heavy (non-hydrogen) atoms. The molecule has 3 rings (SSSR count). The Hall–Kier alpha value is -2.69. The molecule has 0 aliphatic rings. The van der Waals surface area contributed by atoms with Crippen molar-refractivity contribution < 1.29 is 4.79 Å². The molecular formula is C19H22N4O. The van der Waals surface area contributed by atoms with E-state index in [1.807, 2.05) is 45.0 Å². The van der Waals surface area contributed by atoms with E-state index in [-0.39, 0.29) is 11.8 Å². The van der Waals surface area contributed by atoms with Crippen LogP contribution in [0.4, 0.5) is 5.69 Å². The van der Waals surface area contributed by atoms with Crippen molar-refractivity contribution in [3.05, 3.63) is 47.5 Å². The molecule has 5 heteroatoms. The summed E-state index contributed by atoms with van der Waals surface area (Å²) in [6.45, 7) is 7.84. The molecule has 1 N–H and O–H groups in total. The minimum atomic E-state index is -0.0622. The fourth-order valence-electron chi connectivity index (χ4n) is 2.46. The Balaban J connectivity index is 1.97. The molecule has 0 unspecified atom stereocenters. The standard InChI is InChI=1S/C19H22N4O/c1-5-14-6-8-15(9-7-14)23-21-17-10-13(4)16(11-18(17)22-23)20-19(24)12(2)3/h6-12H,5H2,1-4H3,(H,20,24). The van der Waals surface area contributed by atoms with Crippen LogP contribution in [0.1, 0.15) is 31.9 Å². The number of nitrogens with one attached hydrogen (secondary N) is 1. The lowest BCUT2D eigenvalue weighted by atomic mass is 10.1. The zero-order chi connectivity index (χ0) is 17.3. The largest absolute Gasteiger partial charge is 0.326 e. The first-order valence-corrected chi connectivity index (χ1v) is 8.26. The first-order valence-electron chi connectivity index (χ1n) is 8.26. The van der Waals surface area contributed by atoms with Crippen LogP contribution in [0.3, 0.4) is 0 Å². The highest BCUT2D eigenvalue weighted by molar-refractivity contribution is 5.95. The van der Waals surface area contributed by atoms with Crippen LogP contribution in [0.25, 0.3) is 16.7 Å². The molecule has 1 aromatic heterocycles. The Kier molecular flexibility index (Phi) is 4.34. The second-order valence-corrected chi connectivity index (χ2v) is 6.31. The third kappa shape index (κ3) is 3.15. The van der Waals surface area contributed by atoms with Gasteiger partial charge in [0.1, 0.15) is 11.0 Å². The Bertz CT molecular complexity index is 878. The average Bonchev–Trinajstić information content (AvgIpc) is 2.97. The highest BCUT2D eigenvalue weighted by Gasteiger charge is 2.12. The van der Waals surface area contributed by atoms with E-state index >= 15 is 0 Å². The summed E-state index contributed by atoms with van der Waals surface area (Å²) in [6.07, 6.45) is 1.01. The van der Waals surface area contributed by atoms with Crippen molar-refractivity contribution in [2.75, 3.05) is 5.32 Å². The van der Waals surface area contributed by atoms with Crippen LogP contribution in [0.15, 0.2) is 36.4 Å². The van der Waals surface area contributed by atoms with Crippen LogP contribution in [0, 0.1) is 12.8 Å². The fraction of sp³-hybridized carbons (Fsp3) is 0.316. The summed E-state index contributed by atoms with van der Waals surface area (Å²) in [7, 11) is 0. The quantitative estimate of drug-likeness (QED) is 0.793. The molecule has 2 aromatic carbocycles. The summed E-state index contributed by atoms with van der Waals surface area (Å²) in [5.41, 5.74) is 5.55. The Morgan fingerprint density at radius 1 is 1.12 bits per heavy atom. The molecule has 124 valence electrons. The molecule has 1 heterocycles. The zero-order valence-corrected chi connectivity index (χ0v) is 14.5. The molecular weight excluding hydrogens is 300 g/mol. The van der Waals surface area contributed by atoms with Crippen molar-refractivity contribution in [1.82, 2.24) is 15.0 Å². The lowest BCUT2D eigenvalue weighted by Crippen LogP contribution is -2.18. The number of carbonyl (C=O) groups excluding carboxylic acids is 1. The number of carbonyl (C=O) groups is 1. The van der Waals surface area contributed by atoms with Crippen molar-refractivity contribution in [2.45, 2.75) is 34.1 Å². The smallest absolute Gasteiger partial charge is 0.226 e. The minimum Gasteiger partial charge on any atom is -0.326 e. The number of aromatic nitrogens is 3. The van der Waals surface area contributed by atoms with Crippen LogP contribution < -0.4 is 5.32 Å². The second-order valence-electron chi connectivity index (χ2n) is 6.31. The molecule has 3 aromatic rings. The van der Waals surface area contributed by atoms with Gasteiger partial charge < -0.3 is 5.32 Å². The molecule has 0 spiro atoms. The molecule has 0 radical (unpaired) electrons. The van der Waals surface area contributed by atoms with Crippen LogP contribution in [0.5, 0.6) is 0 Å². The number of anilines is 1. The topological polar surface area (TPSA) is 59.8 Å². The molecule has 0 aliphatic heterocycles. The summed E-state index contributed by atoms with van der Waals surface area (Å²) in [6, 6.07) is 12.0. The molecule has 0 aliphatic carbocycles. The van der Waals surface area contributed by atoms with E-state index in [0.29, 0.717) is 0 Å². The molecule has 0 atom stereocenters. The van der Waals surface area contributed by atoms with Gasteiger partial charge in [-0.25, -0.2) is 0 Å². The lowest BCUT2D eigenvalue weighted by Gasteiger charge is -2.09. The summed E-state index contributed by atoms with van der Waals surface area (Å²) in [5, 5.41) is 12.0. The van der Waals surface area contributed by atoms with Gasteiger partial charge in [-0.2, -0.15) is 4.80 Å². The zero-order valence-electron chi connectivity index (χ0n) is 14.5. The second kappa shape index (κ2) is 6.43. The minimum absolute atomic E-state index is 0.00000348. The van der Waals surface area contributed by atoms with E-state index < -0.39 is 0 Å². The highest BCUT2D eigenvalue weighted by Crippen LogP contribution is 2.22. The van der Waals surface area contributed by atoms with Crippen LogP contribution in [0.2, 0.25) is 0 Å². The van der Waals surface area contributed by atoms with Crippen molar-refractivity contribution in [3.63, 3.8) is 0 Å². The van der Waals surface area contributed by atoms with E-state index in [2.05, 4.69) is 34.6 Å². The van der Waals surface area contributed by atoms with Gasteiger partial charge in [-0.3, -0.25) is 4.79 Å². The number of hydrogen-bond acceptors (Lipinski definition) is 3. The molecule has 0 bridgehead atoms. The van der Waals surface area contributed by atoms with Crippen LogP contribution in [-0.4, -0.2) is 20.9 Å². The molecule has 0 saturated carbocycles. The summed E-state index contributed by atoms with van der Waals surface area (Å²) in [4.78, 5) is 13.6. The Morgan fingerprint density at radius 2 is 1.75 bits per heavy atom. The van der Waals surface area contributed by atoms with Gasteiger partial charge in [0.25, 0.3) is 0 Å². The van der Waals surface area contributed by atoms with Gasteiger partial charge >= 0.3 is 0 Å². The predicted octanol–water partition coefficient (Wildman–Crippen LogP) is 3.89. The highest BCUT2D eigenvalue weighted by atomic mass is 16.1. The van der Waals surface area contributed by atoms with E-state index in [9.17, 15) is 4.79 Å². The number of rotatable bonds is 4. The summed E-state index contributed by atoms with van der Waals surface area (Å²) < 4.78 is 0. The Morgan fingerprint density at radius 3 is 2.33 bits per heavy atom. The van der Waals surface area contributed by atoms with E-state index in [0.717, 1.165) is 34.4 Å². The van der Waals surface area contributed by atoms with Gasteiger partial charge in [-0.05, 0) is 48.7 Å². The van der Waals surface area contributed by atoms with Gasteiger partial charge in [0.05, 0.1) is 5.69 Å². The predicted molar refractivity (Wildman–Crippen MR) is 96.4 cm³/mol. The molecule has 5 nitrogen and oxygen atoms in total. The van der Waals surface area contributed by atoms with Crippen LogP contribution >= 0.6 is 0 Å². The summed E-state index contributed by atoms with van der Waals surface area (Å²) in [5.74, 6) is -0.0622. The number of aryl methyl sites for hydroxylation is 2. The number of amides is 1. The molecule has 0 fully saturated rings. The van der Waals surface area contributed by atoms with Crippen LogP contribution in [-0.2, 0) is 11.2 Å². The fourth-order valence-corrected chi connectivity index (χ4v) is 2.46. The van der Waals surface area contributed by atoms with Crippen molar-refractivity contribution in [2.24, 2.45) is 5.92 Å². The monoisotopic (exact) mass is 322 g/mol. The maximum atomic E-state index is 11.9. The van der Waals surface area contributed by atoms with E-state index in [1.54, 1.807) is 4.80 Å². The lowest BCUT2D eigenvalue weighted by molar-refractivity contribution is -0.118.